The lowest BCUT2D eigenvalue weighted by atomic mass is 9.84. The second-order valence-corrected chi connectivity index (χ2v) is 4.10. The van der Waals surface area contributed by atoms with Crippen LogP contribution >= 0.6 is 0 Å². The molecule has 13 heavy (non-hydrogen) atoms. The fourth-order valence-electron chi connectivity index (χ4n) is 1.74. The fraction of sp³-hybridized carbons (Fsp3) is 0.455. The first-order valence-corrected chi connectivity index (χ1v) is 4.61. The van der Waals surface area contributed by atoms with Crippen LogP contribution in [0.25, 0.3) is 0 Å². The number of anilines is 1. The van der Waals surface area contributed by atoms with Crippen LogP contribution < -0.4 is 5.32 Å². The van der Waals surface area contributed by atoms with Gasteiger partial charge in [-0.2, -0.15) is 0 Å². The Morgan fingerprint density at radius 2 is 2.08 bits per heavy atom. The van der Waals surface area contributed by atoms with Crippen LogP contribution in [0.2, 0.25) is 0 Å². The van der Waals surface area contributed by atoms with Crippen molar-refractivity contribution >= 4 is 5.69 Å². The number of nitrogens with one attached hydrogen (secondary N) is 1. The van der Waals surface area contributed by atoms with Crippen LogP contribution in [0.15, 0.2) is 24.3 Å². The van der Waals surface area contributed by atoms with Gasteiger partial charge in [0.2, 0.25) is 0 Å². The van der Waals surface area contributed by atoms with Gasteiger partial charge in [0.15, 0.2) is 0 Å². The first kappa shape index (κ1) is 8.57. The maximum absolute atomic E-state index is 5.48. The van der Waals surface area contributed by atoms with Crippen molar-refractivity contribution in [3.63, 3.8) is 0 Å². The molecule has 2 rings (SSSR count). The SMILES string of the molecule is CC1(C)COCNc2ccccc21. The lowest BCUT2D eigenvalue weighted by molar-refractivity contribution is 0.115. The van der Waals surface area contributed by atoms with Gasteiger partial charge >= 0.3 is 0 Å². The van der Waals surface area contributed by atoms with E-state index < -0.39 is 0 Å². The van der Waals surface area contributed by atoms with Crippen LogP contribution in [0, 0.1) is 0 Å². The Labute approximate surface area is 78.9 Å². The van der Waals surface area contributed by atoms with E-state index >= 15 is 0 Å². The number of ether oxygens (including phenoxy) is 1. The molecule has 0 unspecified atom stereocenters. The van der Waals surface area contributed by atoms with Gasteiger partial charge in [-0.3, -0.25) is 0 Å². The van der Waals surface area contributed by atoms with Crippen molar-refractivity contribution in [3.05, 3.63) is 29.8 Å². The number of rotatable bonds is 0. The van der Waals surface area contributed by atoms with E-state index in [4.69, 9.17) is 4.74 Å². The van der Waals surface area contributed by atoms with Gasteiger partial charge in [-0.1, -0.05) is 32.0 Å². The van der Waals surface area contributed by atoms with E-state index in [1.165, 1.54) is 11.3 Å². The van der Waals surface area contributed by atoms with Crippen molar-refractivity contribution in [3.8, 4) is 0 Å². The molecule has 70 valence electrons. The van der Waals surface area contributed by atoms with Crippen molar-refractivity contribution < 1.29 is 4.74 Å². The summed E-state index contributed by atoms with van der Waals surface area (Å²) in [5, 5.41) is 3.26. The van der Waals surface area contributed by atoms with Gasteiger partial charge in [0, 0.05) is 11.1 Å². The molecule has 2 nitrogen and oxygen atoms in total. The minimum atomic E-state index is 0.111. The lowest BCUT2D eigenvalue weighted by Crippen LogP contribution is -2.22. The molecule has 0 spiro atoms. The third-order valence-corrected chi connectivity index (χ3v) is 2.48. The van der Waals surface area contributed by atoms with Gasteiger partial charge in [-0.25, -0.2) is 0 Å². The van der Waals surface area contributed by atoms with Gasteiger partial charge < -0.3 is 10.1 Å². The summed E-state index contributed by atoms with van der Waals surface area (Å²) in [4.78, 5) is 0. The highest BCUT2D eigenvalue weighted by molar-refractivity contribution is 5.54. The van der Waals surface area contributed by atoms with Crippen LogP contribution in [0.3, 0.4) is 0 Å². The van der Waals surface area contributed by atoms with Gasteiger partial charge in [0.05, 0.1) is 6.61 Å². The number of hydrogen-bond acceptors (Lipinski definition) is 2. The molecule has 1 N–H and O–H groups in total. The molecule has 0 bridgehead atoms. The molecule has 2 heteroatoms. The summed E-state index contributed by atoms with van der Waals surface area (Å²) < 4.78 is 5.48. The number of para-hydroxylation sites is 1. The lowest BCUT2D eigenvalue weighted by Gasteiger charge is -2.23. The third kappa shape index (κ3) is 1.54. The summed E-state index contributed by atoms with van der Waals surface area (Å²) in [6, 6.07) is 8.39. The predicted octanol–water partition coefficient (Wildman–Crippen LogP) is 2.36. The Balaban J connectivity index is 2.48. The minimum absolute atomic E-state index is 0.111. The normalized spacial score (nSPS) is 19.8. The smallest absolute Gasteiger partial charge is 0.116 e. The van der Waals surface area contributed by atoms with Crippen molar-refractivity contribution in [1.82, 2.24) is 0 Å². The summed E-state index contributed by atoms with van der Waals surface area (Å²) in [7, 11) is 0. The monoisotopic (exact) mass is 177 g/mol. The number of benzene rings is 1. The van der Waals surface area contributed by atoms with Gasteiger partial charge in [0.25, 0.3) is 0 Å². The molecule has 0 amide bonds. The molecule has 0 fully saturated rings. The second kappa shape index (κ2) is 3.04. The Kier molecular flexibility index (Phi) is 2.00. The number of fused-ring (bicyclic) bond motifs is 1. The maximum Gasteiger partial charge on any atom is 0.116 e. The van der Waals surface area contributed by atoms with E-state index in [0.717, 1.165) is 6.61 Å². The highest BCUT2D eigenvalue weighted by Gasteiger charge is 2.25. The van der Waals surface area contributed by atoms with Crippen LogP contribution in [0.4, 0.5) is 5.69 Å². The van der Waals surface area contributed by atoms with Crippen molar-refractivity contribution in [2.75, 3.05) is 18.7 Å². The number of hydrogen-bond donors (Lipinski definition) is 1. The maximum atomic E-state index is 5.48. The minimum Gasteiger partial charge on any atom is -0.362 e. The van der Waals surface area contributed by atoms with Crippen molar-refractivity contribution in [1.29, 1.82) is 0 Å². The summed E-state index contributed by atoms with van der Waals surface area (Å²) in [6.07, 6.45) is 0. The van der Waals surface area contributed by atoms with Crippen LogP contribution in [0.1, 0.15) is 19.4 Å². The van der Waals surface area contributed by atoms with Crippen molar-refractivity contribution in [2.45, 2.75) is 19.3 Å². The van der Waals surface area contributed by atoms with E-state index in [0.29, 0.717) is 6.73 Å². The molecular formula is C11H15NO. The summed E-state index contributed by atoms with van der Waals surface area (Å²) in [5.41, 5.74) is 2.65. The van der Waals surface area contributed by atoms with Crippen LogP contribution in [-0.4, -0.2) is 13.3 Å². The molecule has 0 aromatic heterocycles. The topological polar surface area (TPSA) is 21.3 Å². The highest BCUT2D eigenvalue weighted by atomic mass is 16.5. The molecule has 1 aliphatic heterocycles. The third-order valence-electron chi connectivity index (χ3n) is 2.48. The zero-order valence-electron chi connectivity index (χ0n) is 8.13. The molecule has 0 atom stereocenters. The Morgan fingerprint density at radius 3 is 2.92 bits per heavy atom. The van der Waals surface area contributed by atoms with Gasteiger partial charge in [-0.15, -0.1) is 0 Å². The Hall–Kier alpha value is -1.02. The summed E-state index contributed by atoms with van der Waals surface area (Å²) in [5.74, 6) is 0. The van der Waals surface area contributed by atoms with Crippen LogP contribution in [0.5, 0.6) is 0 Å². The van der Waals surface area contributed by atoms with Crippen LogP contribution in [-0.2, 0) is 10.2 Å². The largest absolute Gasteiger partial charge is 0.362 e. The molecule has 1 aliphatic rings. The van der Waals surface area contributed by atoms with E-state index in [1.54, 1.807) is 0 Å². The molecule has 0 saturated carbocycles. The molecule has 0 aliphatic carbocycles. The standard InChI is InChI=1S/C11H15NO/c1-11(2)7-13-8-12-10-6-4-3-5-9(10)11/h3-6,12H,7-8H2,1-2H3. The highest BCUT2D eigenvalue weighted by Crippen LogP contribution is 2.31. The molecule has 1 heterocycles. The molecular weight excluding hydrogens is 162 g/mol. The zero-order valence-corrected chi connectivity index (χ0v) is 8.13. The summed E-state index contributed by atoms with van der Waals surface area (Å²) >= 11 is 0. The quantitative estimate of drug-likeness (QED) is 0.657. The molecule has 1 aromatic carbocycles. The van der Waals surface area contributed by atoms with E-state index in [9.17, 15) is 0 Å². The average Bonchev–Trinajstić information content (AvgIpc) is 2.26. The zero-order chi connectivity index (χ0) is 9.31. The fourth-order valence-corrected chi connectivity index (χ4v) is 1.74. The first-order chi connectivity index (χ1) is 6.20. The molecule has 1 aromatic rings. The van der Waals surface area contributed by atoms with E-state index in [1.807, 2.05) is 6.07 Å². The van der Waals surface area contributed by atoms with Crippen molar-refractivity contribution in [2.24, 2.45) is 0 Å². The first-order valence-electron chi connectivity index (χ1n) is 4.61. The van der Waals surface area contributed by atoms with Gasteiger partial charge in [0.1, 0.15) is 6.73 Å². The summed E-state index contributed by atoms with van der Waals surface area (Å²) in [6.45, 7) is 5.80. The van der Waals surface area contributed by atoms with E-state index in [2.05, 4.69) is 37.4 Å². The molecule has 0 saturated heterocycles. The Morgan fingerprint density at radius 1 is 1.31 bits per heavy atom. The molecule has 0 radical (unpaired) electrons. The second-order valence-electron chi connectivity index (χ2n) is 4.10. The Bertz CT molecular complexity index is 307. The average molecular weight is 177 g/mol. The predicted molar refractivity (Wildman–Crippen MR) is 53.9 cm³/mol. The van der Waals surface area contributed by atoms with Gasteiger partial charge in [-0.05, 0) is 11.6 Å². The van der Waals surface area contributed by atoms with E-state index in [-0.39, 0.29) is 5.41 Å².